The fourth-order valence-corrected chi connectivity index (χ4v) is 0.224. The molecule has 0 aromatic carbocycles. The molecule has 0 heterocycles. The Labute approximate surface area is 38.8 Å². The van der Waals surface area contributed by atoms with Crippen LogP contribution in [-0.2, 0) is 0 Å². The first-order valence-corrected chi connectivity index (χ1v) is 2.97. The minimum atomic E-state index is -1.05. The summed E-state index contributed by atoms with van der Waals surface area (Å²) in [5, 5.41) is 0. The lowest BCUT2D eigenvalue weighted by molar-refractivity contribution is 0.643. The monoisotopic (exact) mass is 102 g/mol. The van der Waals surface area contributed by atoms with Gasteiger partial charge >= 0.3 is 0 Å². The molecule has 0 unspecified atom stereocenters. The molecule has 2 heteroatoms. The normalized spacial score (nSPS) is 8.33. The molecule has 0 aromatic rings. The molecule has 0 rings (SSSR count). The summed E-state index contributed by atoms with van der Waals surface area (Å²) in [4.78, 5) is 8.50. The average molecular weight is 102 g/mol. The first kappa shape index (κ1) is 5.87. The van der Waals surface area contributed by atoms with Crippen molar-refractivity contribution in [2.45, 2.75) is 0 Å². The summed E-state index contributed by atoms with van der Waals surface area (Å²) in [7, 11) is -1.05. The van der Waals surface area contributed by atoms with E-state index in [0.717, 1.165) is 0 Å². The Hall–Kier alpha value is -0.130. The maximum Gasteiger partial charge on any atom is 0.0717 e. The van der Waals surface area contributed by atoms with Crippen LogP contribution >= 0.6 is 8.15 Å². The van der Waals surface area contributed by atoms with Crippen molar-refractivity contribution in [1.29, 1.82) is 0 Å². The van der Waals surface area contributed by atoms with Gasteiger partial charge < -0.3 is 4.89 Å². The second-order valence-electron chi connectivity index (χ2n) is 0.745. The zero-order valence-electron chi connectivity index (χ0n) is 3.46. The van der Waals surface area contributed by atoms with Gasteiger partial charge in [0.25, 0.3) is 0 Å². The van der Waals surface area contributed by atoms with Gasteiger partial charge in [-0.15, -0.1) is 0 Å². The molecule has 6 heavy (non-hydrogen) atoms. The standard InChI is InChI=1S/C4H7OP/c1-3-6(5)4-2/h3-5H,1-2H2. The minimum Gasteiger partial charge on any atom is -0.365 e. The molecule has 1 nitrogen and oxygen atoms in total. The van der Waals surface area contributed by atoms with Gasteiger partial charge in [0.15, 0.2) is 0 Å². The third-order valence-electron chi connectivity index (χ3n) is 0.374. The van der Waals surface area contributed by atoms with E-state index in [-0.39, 0.29) is 0 Å². The molecule has 0 bridgehead atoms. The molecule has 0 aromatic heterocycles. The van der Waals surface area contributed by atoms with E-state index in [9.17, 15) is 0 Å². The largest absolute Gasteiger partial charge is 0.365 e. The molecule has 0 saturated carbocycles. The highest BCUT2D eigenvalue weighted by molar-refractivity contribution is 7.58. The molecule has 0 radical (unpaired) electrons. The first-order chi connectivity index (χ1) is 2.81. The van der Waals surface area contributed by atoms with Crippen LogP contribution in [0.3, 0.4) is 0 Å². The molecule has 0 fully saturated rings. The molecular formula is C4H7OP. The fraction of sp³-hybridized carbons (Fsp3) is 0. The lowest BCUT2D eigenvalue weighted by Crippen LogP contribution is -1.48. The van der Waals surface area contributed by atoms with Crippen LogP contribution in [0.25, 0.3) is 0 Å². The average Bonchev–Trinajstić information content (AvgIpc) is 1.65. The van der Waals surface area contributed by atoms with Crippen LogP contribution in [0.4, 0.5) is 0 Å². The van der Waals surface area contributed by atoms with Crippen LogP contribution < -0.4 is 0 Å². The Kier molecular flexibility index (Phi) is 3.01. The van der Waals surface area contributed by atoms with Crippen LogP contribution in [0.2, 0.25) is 0 Å². The smallest absolute Gasteiger partial charge is 0.0717 e. The minimum absolute atomic E-state index is 1.05. The van der Waals surface area contributed by atoms with E-state index >= 15 is 0 Å². The molecule has 0 amide bonds. The summed E-state index contributed by atoms with van der Waals surface area (Å²) in [6, 6.07) is 0. The van der Waals surface area contributed by atoms with Crippen LogP contribution in [0.15, 0.2) is 24.8 Å². The summed E-state index contributed by atoms with van der Waals surface area (Å²) >= 11 is 0. The van der Waals surface area contributed by atoms with Crippen molar-refractivity contribution >= 4 is 8.15 Å². The van der Waals surface area contributed by atoms with Gasteiger partial charge in [0.1, 0.15) is 0 Å². The van der Waals surface area contributed by atoms with Crippen LogP contribution in [0.1, 0.15) is 0 Å². The molecule has 0 saturated heterocycles. The molecular weight excluding hydrogens is 95.0 g/mol. The lowest BCUT2D eigenvalue weighted by Gasteiger charge is -1.87. The lowest BCUT2D eigenvalue weighted by atomic mass is 11.3. The summed E-state index contributed by atoms with van der Waals surface area (Å²) < 4.78 is 0. The van der Waals surface area contributed by atoms with Gasteiger partial charge in [-0.25, -0.2) is 0 Å². The fourth-order valence-electron chi connectivity index (χ4n) is 0.0745. The highest BCUT2D eigenvalue weighted by Crippen LogP contribution is 2.30. The van der Waals surface area contributed by atoms with Gasteiger partial charge in [-0.05, 0) is 11.6 Å². The van der Waals surface area contributed by atoms with Gasteiger partial charge in [-0.2, -0.15) is 0 Å². The summed E-state index contributed by atoms with van der Waals surface area (Å²) in [6.07, 6.45) is 0. The quantitative estimate of drug-likeness (QED) is 0.525. The Balaban J connectivity index is 3.21. The van der Waals surface area contributed by atoms with Gasteiger partial charge in [0.2, 0.25) is 0 Å². The zero-order valence-corrected chi connectivity index (χ0v) is 4.36. The van der Waals surface area contributed by atoms with E-state index in [1.165, 1.54) is 11.6 Å². The molecule has 0 aliphatic heterocycles. The van der Waals surface area contributed by atoms with Crippen molar-refractivity contribution in [3.05, 3.63) is 24.8 Å². The van der Waals surface area contributed by atoms with Gasteiger partial charge in [-0.3, -0.25) is 0 Å². The topological polar surface area (TPSA) is 20.2 Å². The van der Waals surface area contributed by atoms with E-state index < -0.39 is 8.15 Å². The highest BCUT2D eigenvalue weighted by Gasteiger charge is 1.80. The van der Waals surface area contributed by atoms with Crippen molar-refractivity contribution in [2.24, 2.45) is 0 Å². The van der Waals surface area contributed by atoms with Gasteiger partial charge in [0, 0.05) is 0 Å². The van der Waals surface area contributed by atoms with E-state index in [1.807, 2.05) is 0 Å². The maximum atomic E-state index is 8.50. The summed E-state index contributed by atoms with van der Waals surface area (Å²) in [5.74, 6) is 2.95. The zero-order chi connectivity index (χ0) is 4.99. The van der Waals surface area contributed by atoms with Crippen molar-refractivity contribution in [2.75, 3.05) is 0 Å². The van der Waals surface area contributed by atoms with Crippen molar-refractivity contribution in [1.82, 2.24) is 0 Å². The molecule has 0 aliphatic carbocycles. The van der Waals surface area contributed by atoms with Crippen molar-refractivity contribution in [3.8, 4) is 0 Å². The second-order valence-corrected chi connectivity index (χ2v) is 2.24. The van der Waals surface area contributed by atoms with Crippen LogP contribution in [-0.4, -0.2) is 4.89 Å². The van der Waals surface area contributed by atoms with Crippen LogP contribution in [0, 0.1) is 0 Å². The third kappa shape index (κ3) is 2.13. The predicted octanol–water partition coefficient (Wildman–Crippen LogP) is 1.66. The SMILES string of the molecule is C=CP(O)C=C. The predicted molar refractivity (Wildman–Crippen MR) is 29.5 cm³/mol. The van der Waals surface area contributed by atoms with Crippen LogP contribution in [0.5, 0.6) is 0 Å². The van der Waals surface area contributed by atoms with E-state index in [2.05, 4.69) is 13.2 Å². The molecule has 34 valence electrons. The molecule has 1 N–H and O–H groups in total. The molecule has 0 aliphatic rings. The molecule has 0 spiro atoms. The number of rotatable bonds is 2. The van der Waals surface area contributed by atoms with Gasteiger partial charge in [-0.1, -0.05) is 13.2 Å². The summed E-state index contributed by atoms with van der Waals surface area (Å²) in [5.41, 5.74) is 0. The number of hydrogen-bond acceptors (Lipinski definition) is 1. The van der Waals surface area contributed by atoms with E-state index in [4.69, 9.17) is 4.89 Å². The number of hydrogen-bond donors (Lipinski definition) is 1. The van der Waals surface area contributed by atoms with E-state index in [0.29, 0.717) is 0 Å². The van der Waals surface area contributed by atoms with Crippen molar-refractivity contribution < 1.29 is 4.89 Å². The Bertz CT molecular complexity index is 52.6. The summed E-state index contributed by atoms with van der Waals surface area (Å²) in [6.45, 7) is 6.68. The van der Waals surface area contributed by atoms with Gasteiger partial charge in [0.05, 0.1) is 8.15 Å². The van der Waals surface area contributed by atoms with E-state index in [1.54, 1.807) is 0 Å². The Morgan fingerprint density at radius 1 is 1.33 bits per heavy atom. The van der Waals surface area contributed by atoms with Crippen molar-refractivity contribution in [3.63, 3.8) is 0 Å². The Morgan fingerprint density at radius 2 is 1.67 bits per heavy atom. The maximum absolute atomic E-state index is 8.50. The Morgan fingerprint density at radius 3 is 1.67 bits per heavy atom. The second kappa shape index (κ2) is 3.08. The third-order valence-corrected chi connectivity index (χ3v) is 1.12. The highest BCUT2D eigenvalue weighted by atomic mass is 31.1. The molecule has 0 atom stereocenters. The first-order valence-electron chi connectivity index (χ1n) is 1.53.